The minimum Gasteiger partial charge on any atom is -0.497 e. The number of methoxy groups -OCH3 is 1. The topological polar surface area (TPSA) is 84.2 Å². The molecule has 2 aliphatic rings. The quantitative estimate of drug-likeness (QED) is 0.489. The number of H-pyrrole nitrogens is 1. The molecule has 166 valence electrons. The Kier molecular flexibility index (Phi) is 5.00. The highest BCUT2D eigenvalue weighted by molar-refractivity contribution is 8.00. The molecule has 33 heavy (non-hydrogen) atoms. The first-order valence-corrected chi connectivity index (χ1v) is 11.8. The molecule has 0 radical (unpaired) electrons. The molecule has 0 amide bonds. The van der Waals surface area contributed by atoms with Gasteiger partial charge in [0.25, 0.3) is 0 Å². The van der Waals surface area contributed by atoms with Crippen LogP contribution in [0.2, 0.25) is 0 Å². The van der Waals surface area contributed by atoms with Crippen molar-refractivity contribution in [3.63, 3.8) is 0 Å². The molecule has 0 spiro atoms. The minimum absolute atomic E-state index is 0.161. The van der Waals surface area contributed by atoms with Crippen molar-refractivity contribution in [3.8, 4) is 17.3 Å². The first kappa shape index (κ1) is 20.2. The van der Waals surface area contributed by atoms with Gasteiger partial charge >= 0.3 is 0 Å². The van der Waals surface area contributed by atoms with Crippen LogP contribution in [0.1, 0.15) is 29.3 Å². The van der Waals surface area contributed by atoms with E-state index in [-0.39, 0.29) is 5.25 Å². The van der Waals surface area contributed by atoms with E-state index in [1.165, 1.54) is 11.1 Å². The van der Waals surface area contributed by atoms with Gasteiger partial charge in [0, 0.05) is 25.2 Å². The summed E-state index contributed by atoms with van der Waals surface area (Å²) in [5.74, 6) is 1.50. The van der Waals surface area contributed by atoms with Crippen molar-refractivity contribution >= 4 is 17.5 Å². The average molecular weight is 458 g/mol. The molecular formula is C24H23N7OS. The predicted octanol–water partition coefficient (Wildman–Crippen LogP) is 3.94. The van der Waals surface area contributed by atoms with Crippen LogP contribution < -0.4 is 4.74 Å². The number of fused-ring (bicyclic) bond motifs is 2. The van der Waals surface area contributed by atoms with E-state index in [1.54, 1.807) is 18.9 Å². The van der Waals surface area contributed by atoms with E-state index >= 15 is 0 Å². The van der Waals surface area contributed by atoms with E-state index in [1.807, 2.05) is 35.0 Å². The number of benzene rings is 2. The maximum absolute atomic E-state index is 5.30. The van der Waals surface area contributed by atoms with Crippen molar-refractivity contribution in [1.82, 2.24) is 30.0 Å². The van der Waals surface area contributed by atoms with E-state index in [0.717, 1.165) is 53.2 Å². The number of nitrogens with one attached hydrogen (secondary N) is 1. The van der Waals surface area contributed by atoms with E-state index < -0.39 is 0 Å². The summed E-state index contributed by atoms with van der Waals surface area (Å²) in [6.45, 7) is 4.69. The number of aromatic amines is 1. The Morgan fingerprint density at radius 3 is 2.67 bits per heavy atom. The first-order chi connectivity index (χ1) is 16.2. The molecule has 6 rings (SSSR count). The lowest BCUT2D eigenvalue weighted by molar-refractivity contribution is 0.272. The highest BCUT2D eigenvalue weighted by atomic mass is 32.2. The molecule has 1 N–H and O–H groups in total. The number of ether oxygens (including phenoxy) is 1. The van der Waals surface area contributed by atoms with Crippen LogP contribution in [0, 0.1) is 0 Å². The van der Waals surface area contributed by atoms with Crippen molar-refractivity contribution in [2.24, 2.45) is 5.10 Å². The lowest BCUT2D eigenvalue weighted by Crippen LogP contribution is -2.22. The Labute approximate surface area is 195 Å². The summed E-state index contributed by atoms with van der Waals surface area (Å²) in [5, 5.41) is 22.6. The highest BCUT2D eigenvalue weighted by Gasteiger charge is 2.31. The van der Waals surface area contributed by atoms with Crippen LogP contribution in [0.4, 0.5) is 0 Å². The predicted molar refractivity (Wildman–Crippen MR) is 127 cm³/mol. The summed E-state index contributed by atoms with van der Waals surface area (Å²) in [7, 11) is 1.67. The lowest BCUT2D eigenvalue weighted by Gasteiger charge is -2.20. The van der Waals surface area contributed by atoms with Gasteiger partial charge < -0.3 is 4.74 Å². The Morgan fingerprint density at radius 2 is 1.88 bits per heavy atom. The van der Waals surface area contributed by atoms with Crippen LogP contribution in [-0.2, 0) is 19.6 Å². The van der Waals surface area contributed by atoms with Gasteiger partial charge in [-0.1, -0.05) is 42.1 Å². The number of nitrogens with zero attached hydrogens (tertiary/aromatic N) is 6. The van der Waals surface area contributed by atoms with Gasteiger partial charge in [0.05, 0.1) is 23.8 Å². The van der Waals surface area contributed by atoms with Gasteiger partial charge in [-0.2, -0.15) is 14.9 Å². The van der Waals surface area contributed by atoms with Crippen molar-refractivity contribution in [2.45, 2.75) is 37.0 Å². The van der Waals surface area contributed by atoms with E-state index in [9.17, 15) is 0 Å². The molecular weight excluding hydrogens is 434 g/mol. The summed E-state index contributed by atoms with van der Waals surface area (Å²) in [4.78, 5) is 2.40. The fourth-order valence-corrected chi connectivity index (χ4v) is 5.30. The zero-order valence-electron chi connectivity index (χ0n) is 18.4. The maximum Gasteiger partial charge on any atom is 0.213 e. The highest BCUT2D eigenvalue weighted by Crippen LogP contribution is 2.36. The summed E-state index contributed by atoms with van der Waals surface area (Å²) in [6.07, 6.45) is 0. The average Bonchev–Trinajstić information content (AvgIpc) is 3.53. The second-order valence-electron chi connectivity index (χ2n) is 8.25. The fraction of sp³-hybridized carbons (Fsp3) is 0.250. The van der Waals surface area contributed by atoms with Crippen LogP contribution >= 0.6 is 11.8 Å². The molecule has 0 saturated carbocycles. The van der Waals surface area contributed by atoms with Crippen molar-refractivity contribution in [2.75, 3.05) is 7.11 Å². The third kappa shape index (κ3) is 3.63. The molecule has 4 heterocycles. The molecule has 2 aromatic heterocycles. The molecule has 9 heteroatoms. The molecule has 1 unspecified atom stereocenters. The van der Waals surface area contributed by atoms with Crippen molar-refractivity contribution < 1.29 is 4.74 Å². The Morgan fingerprint density at radius 1 is 1.06 bits per heavy atom. The lowest BCUT2D eigenvalue weighted by atomic mass is 10.1. The second kappa shape index (κ2) is 8.17. The van der Waals surface area contributed by atoms with Crippen LogP contribution in [-0.4, -0.2) is 48.0 Å². The normalized spacial score (nSPS) is 17.5. The molecule has 0 fully saturated rings. The molecule has 0 aliphatic carbocycles. The number of rotatable bonds is 5. The van der Waals surface area contributed by atoms with Crippen LogP contribution in [0.3, 0.4) is 0 Å². The molecule has 2 aliphatic heterocycles. The van der Waals surface area contributed by atoms with Crippen LogP contribution in [0.25, 0.3) is 11.5 Å². The molecule has 8 nitrogen and oxygen atoms in total. The van der Waals surface area contributed by atoms with Crippen molar-refractivity contribution in [3.05, 3.63) is 77.0 Å². The van der Waals surface area contributed by atoms with Crippen LogP contribution in [0.15, 0.2) is 64.9 Å². The largest absolute Gasteiger partial charge is 0.497 e. The van der Waals surface area contributed by atoms with Gasteiger partial charge in [-0.25, -0.2) is 0 Å². The summed E-state index contributed by atoms with van der Waals surface area (Å²) < 4.78 is 7.13. The van der Waals surface area contributed by atoms with Crippen molar-refractivity contribution in [1.29, 1.82) is 0 Å². The van der Waals surface area contributed by atoms with Gasteiger partial charge in [-0.05, 0) is 42.3 Å². The third-order valence-electron chi connectivity index (χ3n) is 6.05. The summed E-state index contributed by atoms with van der Waals surface area (Å²) in [6, 6.07) is 18.5. The molecule has 1 atom stereocenters. The van der Waals surface area contributed by atoms with Gasteiger partial charge in [-0.3, -0.25) is 10.00 Å². The monoisotopic (exact) mass is 457 g/mol. The van der Waals surface area contributed by atoms with Gasteiger partial charge in [0.15, 0.2) is 0 Å². The third-order valence-corrected chi connectivity index (χ3v) is 7.09. The molecule has 4 aromatic rings. The maximum atomic E-state index is 5.30. The SMILES string of the molecule is COc1ccc(C2=Nn3c(nnc3-c3n[nH]c4c3CN(Cc3ccccc3)C4)SC2C)cc1. The zero-order valence-corrected chi connectivity index (χ0v) is 19.2. The van der Waals surface area contributed by atoms with Gasteiger partial charge in [0.1, 0.15) is 11.4 Å². The summed E-state index contributed by atoms with van der Waals surface area (Å²) in [5.41, 5.74) is 6.47. The van der Waals surface area contributed by atoms with E-state index in [0.29, 0.717) is 5.82 Å². The molecule has 0 saturated heterocycles. The standard InChI is InChI=1S/C24H23N7OS/c1-15-21(17-8-10-18(32-2)11-9-17)29-31-23(27-28-24(31)33-15)22-19-13-30(14-20(19)25-26-22)12-16-6-4-3-5-7-16/h3-11,15H,12-14H2,1-2H3,(H,25,26). The zero-order chi connectivity index (χ0) is 22.4. The smallest absolute Gasteiger partial charge is 0.213 e. The van der Waals surface area contributed by atoms with E-state index in [2.05, 4.69) is 56.5 Å². The Balaban J connectivity index is 1.31. The Hall–Kier alpha value is -3.43. The van der Waals surface area contributed by atoms with Crippen LogP contribution in [0.5, 0.6) is 5.75 Å². The van der Waals surface area contributed by atoms with Gasteiger partial charge in [0.2, 0.25) is 11.0 Å². The number of hydrogen-bond donors (Lipinski definition) is 1. The second-order valence-corrected chi connectivity index (χ2v) is 9.56. The van der Waals surface area contributed by atoms with Gasteiger partial charge in [-0.15, -0.1) is 10.2 Å². The fourth-order valence-electron chi connectivity index (χ4n) is 4.38. The minimum atomic E-state index is 0.161. The molecule has 0 bridgehead atoms. The Bertz CT molecular complexity index is 1330. The number of thioether (sulfide) groups is 1. The molecule has 2 aromatic carbocycles. The number of aromatic nitrogens is 5. The van der Waals surface area contributed by atoms with E-state index in [4.69, 9.17) is 9.84 Å². The first-order valence-electron chi connectivity index (χ1n) is 10.9. The summed E-state index contributed by atoms with van der Waals surface area (Å²) >= 11 is 1.66. The number of hydrogen-bond acceptors (Lipinski definition) is 7.